The third kappa shape index (κ3) is 5.45. The number of para-hydroxylation sites is 1. The van der Waals surface area contributed by atoms with Crippen LogP contribution in [0, 0.1) is 0 Å². The Morgan fingerprint density at radius 2 is 1.69 bits per heavy atom. The Bertz CT molecular complexity index is 922. The lowest BCUT2D eigenvalue weighted by Gasteiger charge is -2.11. The Kier molecular flexibility index (Phi) is 6.13. The molecule has 0 bridgehead atoms. The molecule has 7 nitrogen and oxygen atoms in total. The van der Waals surface area contributed by atoms with Crippen molar-refractivity contribution in [1.29, 1.82) is 0 Å². The summed E-state index contributed by atoms with van der Waals surface area (Å²) in [4.78, 5) is 24.5. The Morgan fingerprint density at radius 1 is 1.04 bits per heavy atom. The van der Waals surface area contributed by atoms with E-state index < -0.39 is 15.9 Å². The highest BCUT2D eigenvalue weighted by Gasteiger charge is 2.13. The van der Waals surface area contributed by atoms with Crippen LogP contribution in [0.4, 0.5) is 11.4 Å². The van der Waals surface area contributed by atoms with Crippen molar-refractivity contribution in [2.75, 3.05) is 22.8 Å². The van der Waals surface area contributed by atoms with Crippen molar-refractivity contribution < 1.29 is 18.0 Å². The minimum absolute atomic E-state index is 0.315. The predicted octanol–water partition coefficient (Wildman–Crippen LogP) is 2.23. The fraction of sp³-hybridized carbons (Fsp3) is 0.111. The van der Waals surface area contributed by atoms with E-state index in [4.69, 9.17) is 0 Å². The van der Waals surface area contributed by atoms with Crippen LogP contribution in [-0.4, -0.2) is 33.0 Å². The number of sulfonamides is 1. The molecule has 0 unspecified atom stereocenters. The molecule has 0 spiro atoms. The number of hydrogen-bond acceptors (Lipinski definition) is 4. The molecular formula is C18H19N3O4S. The fourth-order valence-electron chi connectivity index (χ4n) is 2.15. The van der Waals surface area contributed by atoms with Crippen molar-refractivity contribution >= 4 is 33.2 Å². The van der Waals surface area contributed by atoms with Crippen LogP contribution in [0.15, 0.2) is 61.2 Å². The molecule has 2 aromatic carbocycles. The average Bonchev–Trinajstić information content (AvgIpc) is 2.59. The molecule has 0 saturated carbocycles. The zero-order chi connectivity index (χ0) is 19.2. The summed E-state index contributed by atoms with van der Waals surface area (Å²) < 4.78 is 24.7. The second kappa shape index (κ2) is 8.30. The third-order valence-corrected chi connectivity index (χ3v) is 3.88. The van der Waals surface area contributed by atoms with Crippen LogP contribution in [0.3, 0.4) is 0 Å². The maximum Gasteiger partial charge on any atom is 0.255 e. The topological polar surface area (TPSA) is 104 Å². The summed E-state index contributed by atoms with van der Waals surface area (Å²) in [6.07, 6.45) is 2.60. The molecule has 0 heterocycles. The van der Waals surface area contributed by atoms with E-state index >= 15 is 0 Å². The van der Waals surface area contributed by atoms with Crippen LogP contribution in [0.2, 0.25) is 0 Å². The van der Waals surface area contributed by atoms with Gasteiger partial charge in [-0.3, -0.25) is 14.3 Å². The van der Waals surface area contributed by atoms with Crippen LogP contribution in [-0.2, 0) is 10.0 Å². The van der Waals surface area contributed by atoms with Crippen LogP contribution in [0.5, 0.6) is 0 Å². The Hall–Kier alpha value is -3.13. The maximum atomic E-state index is 12.4. The average molecular weight is 373 g/mol. The zero-order valence-corrected chi connectivity index (χ0v) is 15.0. The van der Waals surface area contributed by atoms with Crippen LogP contribution in [0.25, 0.3) is 0 Å². The molecule has 0 aliphatic heterocycles. The van der Waals surface area contributed by atoms with E-state index in [2.05, 4.69) is 21.9 Å². The maximum absolute atomic E-state index is 12.4. The minimum atomic E-state index is -3.38. The van der Waals surface area contributed by atoms with Gasteiger partial charge < -0.3 is 10.6 Å². The molecule has 0 saturated heterocycles. The molecule has 2 aromatic rings. The van der Waals surface area contributed by atoms with E-state index in [9.17, 15) is 18.0 Å². The van der Waals surface area contributed by atoms with Gasteiger partial charge in [-0.15, -0.1) is 6.58 Å². The second-order valence-electron chi connectivity index (χ2n) is 5.45. The molecule has 0 atom stereocenters. The van der Waals surface area contributed by atoms with Crippen LogP contribution in [0.1, 0.15) is 20.7 Å². The van der Waals surface area contributed by atoms with Gasteiger partial charge in [0.25, 0.3) is 11.8 Å². The van der Waals surface area contributed by atoms with Crippen molar-refractivity contribution in [2.45, 2.75) is 0 Å². The second-order valence-corrected chi connectivity index (χ2v) is 7.20. The lowest BCUT2D eigenvalue weighted by Crippen LogP contribution is -2.25. The summed E-state index contributed by atoms with van der Waals surface area (Å²) >= 11 is 0. The molecule has 2 amide bonds. The van der Waals surface area contributed by atoms with Crippen molar-refractivity contribution in [3.8, 4) is 0 Å². The molecule has 0 aliphatic carbocycles. The Morgan fingerprint density at radius 3 is 2.31 bits per heavy atom. The van der Waals surface area contributed by atoms with E-state index in [0.717, 1.165) is 6.26 Å². The molecule has 0 aromatic heterocycles. The SMILES string of the molecule is C=CCNC(=O)c1ccccc1NC(=O)c1ccc(NS(C)(=O)=O)cc1. The number of amides is 2. The molecule has 2 rings (SSSR count). The molecular weight excluding hydrogens is 354 g/mol. The van der Waals surface area contributed by atoms with Gasteiger partial charge in [-0.2, -0.15) is 0 Å². The van der Waals surface area contributed by atoms with E-state index in [-0.39, 0.29) is 5.91 Å². The van der Waals surface area contributed by atoms with Gasteiger partial charge in [0.05, 0.1) is 17.5 Å². The van der Waals surface area contributed by atoms with Crippen molar-refractivity contribution in [1.82, 2.24) is 5.32 Å². The molecule has 136 valence electrons. The number of nitrogens with one attached hydrogen (secondary N) is 3. The van der Waals surface area contributed by atoms with Crippen molar-refractivity contribution in [3.05, 3.63) is 72.3 Å². The molecule has 0 fully saturated rings. The molecule has 0 radical (unpaired) electrons. The first-order chi connectivity index (χ1) is 12.3. The normalized spacial score (nSPS) is 10.7. The number of benzene rings is 2. The fourth-order valence-corrected chi connectivity index (χ4v) is 2.71. The monoisotopic (exact) mass is 373 g/mol. The van der Waals surface area contributed by atoms with Gasteiger partial charge in [-0.25, -0.2) is 8.42 Å². The zero-order valence-electron chi connectivity index (χ0n) is 14.2. The first kappa shape index (κ1) is 19.2. The van der Waals surface area contributed by atoms with E-state index in [0.29, 0.717) is 29.0 Å². The van der Waals surface area contributed by atoms with Gasteiger partial charge in [-0.05, 0) is 36.4 Å². The lowest BCUT2D eigenvalue weighted by atomic mass is 10.1. The van der Waals surface area contributed by atoms with Gasteiger partial charge >= 0.3 is 0 Å². The number of hydrogen-bond donors (Lipinski definition) is 3. The molecule has 26 heavy (non-hydrogen) atoms. The molecule has 3 N–H and O–H groups in total. The summed E-state index contributed by atoms with van der Waals surface area (Å²) in [6.45, 7) is 3.85. The highest BCUT2D eigenvalue weighted by atomic mass is 32.2. The quantitative estimate of drug-likeness (QED) is 0.647. The van der Waals surface area contributed by atoms with Gasteiger partial charge in [0.2, 0.25) is 10.0 Å². The van der Waals surface area contributed by atoms with E-state index in [1.54, 1.807) is 30.3 Å². The lowest BCUT2D eigenvalue weighted by molar-refractivity contribution is 0.0959. The summed E-state index contributed by atoms with van der Waals surface area (Å²) in [5.41, 5.74) is 1.38. The van der Waals surface area contributed by atoms with Gasteiger partial charge in [0.15, 0.2) is 0 Å². The smallest absolute Gasteiger partial charge is 0.255 e. The summed E-state index contributed by atoms with van der Waals surface area (Å²) in [7, 11) is -3.38. The first-order valence-corrected chi connectivity index (χ1v) is 9.56. The van der Waals surface area contributed by atoms with Gasteiger partial charge in [-0.1, -0.05) is 18.2 Å². The minimum Gasteiger partial charge on any atom is -0.349 e. The third-order valence-electron chi connectivity index (χ3n) is 3.28. The Labute approximate surface area is 152 Å². The van der Waals surface area contributed by atoms with Crippen molar-refractivity contribution in [2.24, 2.45) is 0 Å². The number of rotatable bonds is 7. The number of carbonyl (C=O) groups excluding carboxylic acids is 2. The summed E-state index contributed by atoms with van der Waals surface area (Å²) in [5.74, 6) is -0.742. The predicted molar refractivity (Wildman–Crippen MR) is 102 cm³/mol. The largest absolute Gasteiger partial charge is 0.349 e. The number of anilines is 2. The van der Waals surface area contributed by atoms with Gasteiger partial charge in [0, 0.05) is 17.8 Å². The van der Waals surface area contributed by atoms with E-state index in [1.165, 1.54) is 24.3 Å². The first-order valence-electron chi connectivity index (χ1n) is 7.67. The van der Waals surface area contributed by atoms with Crippen LogP contribution < -0.4 is 15.4 Å². The summed E-state index contributed by atoms with van der Waals surface area (Å²) in [6, 6.07) is 12.6. The molecule has 8 heteroatoms. The summed E-state index contributed by atoms with van der Waals surface area (Å²) in [5, 5.41) is 5.35. The van der Waals surface area contributed by atoms with E-state index in [1.807, 2.05) is 0 Å². The standard InChI is InChI=1S/C18H19N3O4S/c1-3-12-19-18(23)15-6-4-5-7-16(15)20-17(22)13-8-10-14(11-9-13)21-26(2,24)25/h3-11,21H,1,12H2,2H3,(H,19,23)(H,20,22). The highest BCUT2D eigenvalue weighted by molar-refractivity contribution is 7.92. The van der Waals surface area contributed by atoms with Crippen LogP contribution >= 0.6 is 0 Å². The number of carbonyl (C=O) groups is 2. The van der Waals surface area contributed by atoms with Crippen molar-refractivity contribution in [3.63, 3.8) is 0 Å². The Balaban J connectivity index is 2.15. The molecule has 0 aliphatic rings. The highest BCUT2D eigenvalue weighted by Crippen LogP contribution is 2.17. The van der Waals surface area contributed by atoms with Gasteiger partial charge in [0.1, 0.15) is 0 Å².